The van der Waals surface area contributed by atoms with E-state index in [1.165, 1.54) is 30.0 Å². The van der Waals surface area contributed by atoms with Crippen LogP contribution in [0.25, 0.3) is 11.4 Å². The van der Waals surface area contributed by atoms with Gasteiger partial charge in [0.25, 0.3) is 0 Å². The van der Waals surface area contributed by atoms with Crippen LogP contribution in [-0.2, 0) is 5.41 Å². The molecule has 0 radical (unpaired) electrons. The first-order valence-corrected chi connectivity index (χ1v) is 14.3. The number of thioether (sulfide) groups is 1. The van der Waals surface area contributed by atoms with E-state index in [4.69, 9.17) is 19.2 Å². The monoisotopic (exact) mass is 590 g/mol. The number of nitrogens with zero attached hydrogens (tertiary/aromatic N) is 4. The van der Waals surface area contributed by atoms with Crippen LogP contribution in [0.3, 0.4) is 0 Å². The molecule has 2 heterocycles. The number of aromatic nitrogens is 4. The van der Waals surface area contributed by atoms with Gasteiger partial charge in [-0.1, -0.05) is 31.7 Å². The maximum atomic E-state index is 14.8. The fraction of sp³-hybridized carbons (Fsp3) is 0.250. The van der Waals surface area contributed by atoms with E-state index in [1.54, 1.807) is 55.4 Å². The Morgan fingerprint density at radius 3 is 2.24 bits per heavy atom. The van der Waals surface area contributed by atoms with Crippen LogP contribution in [-0.4, -0.2) is 45.7 Å². The molecule has 0 spiro atoms. The van der Waals surface area contributed by atoms with Crippen molar-refractivity contribution < 1.29 is 23.0 Å². The van der Waals surface area contributed by atoms with Gasteiger partial charge in [0.2, 0.25) is 0 Å². The second kappa shape index (κ2) is 12.3. The lowest BCUT2D eigenvalue weighted by molar-refractivity contribution is 0.324. The van der Waals surface area contributed by atoms with Crippen molar-refractivity contribution in [2.75, 3.05) is 26.6 Å². The summed E-state index contributed by atoms with van der Waals surface area (Å²) in [5, 5.41) is 0.708. The topological polar surface area (TPSA) is 63.3 Å². The van der Waals surface area contributed by atoms with Crippen molar-refractivity contribution in [1.82, 2.24) is 19.1 Å². The maximum absolute atomic E-state index is 14.8. The summed E-state index contributed by atoms with van der Waals surface area (Å²) in [7, 11) is 3.21. The highest BCUT2D eigenvalue weighted by molar-refractivity contribution is 7.99. The van der Waals surface area contributed by atoms with Crippen molar-refractivity contribution in [2.24, 2.45) is 0 Å². The Balaban J connectivity index is 1.37. The van der Waals surface area contributed by atoms with Gasteiger partial charge in [0, 0.05) is 41.0 Å². The smallest absolute Gasteiger partial charge is 0.172 e. The fourth-order valence-corrected chi connectivity index (χ4v) is 5.59. The molecule has 0 N–H and O–H groups in total. The van der Waals surface area contributed by atoms with Crippen LogP contribution in [0, 0.1) is 18.6 Å². The molecule has 0 unspecified atom stereocenters. The molecule has 5 rings (SSSR count). The Bertz CT molecular complexity index is 1680. The van der Waals surface area contributed by atoms with E-state index in [0.29, 0.717) is 28.1 Å². The van der Waals surface area contributed by atoms with E-state index in [1.807, 2.05) is 35.9 Å². The molecule has 0 fully saturated rings. The van der Waals surface area contributed by atoms with Gasteiger partial charge in [-0.3, -0.25) is 4.57 Å². The van der Waals surface area contributed by atoms with Crippen LogP contribution in [0.4, 0.5) is 8.78 Å². The van der Waals surface area contributed by atoms with E-state index in [0.717, 1.165) is 22.8 Å². The largest absolute Gasteiger partial charge is 0.493 e. The first kappa shape index (κ1) is 29.2. The fourth-order valence-electron chi connectivity index (χ4n) is 4.78. The van der Waals surface area contributed by atoms with Crippen molar-refractivity contribution in [3.8, 4) is 28.6 Å². The summed E-state index contributed by atoms with van der Waals surface area (Å²) in [4.78, 5) is 8.92. The van der Waals surface area contributed by atoms with Gasteiger partial charge >= 0.3 is 0 Å². The van der Waals surface area contributed by atoms with Gasteiger partial charge in [0.15, 0.2) is 28.2 Å². The van der Waals surface area contributed by atoms with Gasteiger partial charge < -0.3 is 18.8 Å². The molecule has 0 atom stereocenters. The van der Waals surface area contributed by atoms with Gasteiger partial charge in [0.05, 0.1) is 32.7 Å². The highest BCUT2D eigenvalue weighted by Gasteiger charge is 2.30. The molecule has 0 amide bonds. The quantitative estimate of drug-likeness (QED) is 0.120. The van der Waals surface area contributed by atoms with E-state index in [9.17, 15) is 8.78 Å². The van der Waals surface area contributed by atoms with Gasteiger partial charge in [-0.2, -0.15) is 0 Å². The van der Waals surface area contributed by atoms with E-state index < -0.39 is 11.2 Å². The maximum Gasteiger partial charge on any atom is 0.172 e. The summed E-state index contributed by atoms with van der Waals surface area (Å²) in [6.07, 6.45) is 5.29. The van der Waals surface area contributed by atoms with Gasteiger partial charge in [-0.15, -0.1) is 0 Å². The highest BCUT2D eigenvalue weighted by Crippen LogP contribution is 2.39. The molecule has 0 aliphatic heterocycles. The SMILES string of the molecule is COc1ccc(C(C)(C)c2cnc(SCCOc3ccc(-n4ccnc4C)cc3F)n2-c2ccc(F)cc2)cc1OC. The molecule has 3 aromatic carbocycles. The number of imidazole rings is 2. The molecule has 10 heteroatoms. The molecule has 0 aliphatic rings. The average molecular weight is 591 g/mol. The van der Waals surface area contributed by atoms with Gasteiger partial charge in [0.1, 0.15) is 11.6 Å². The first-order chi connectivity index (χ1) is 20.2. The third-order valence-electron chi connectivity index (χ3n) is 7.15. The van der Waals surface area contributed by atoms with Crippen molar-refractivity contribution in [3.05, 3.63) is 108 Å². The Morgan fingerprint density at radius 2 is 1.57 bits per heavy atom. The third kappa shape index (κ3) is 5.85. The zero-order valence-electron chi connectivity index (χ0n) is 24.1. The molecule has 42 heavy (non-hydrogen) atoms. The van der Waals surface area contributed by atoms with Crippen molar-refractivity contribution in [3.63, 3.8) is 0 Å². The predicted molar refractivity (Wildman–Crippen MR) is 160 cm³/mol. The summed E-state index contributed by atoms with van der Waals surface area (Å²) in [5.41, 5.74) is 2.84. The zero-order valence-corrected chi connectivity index (χ0v) is 24.9. The van der Waals surface area contributed by atoms with Crippen molar-refractivity contribution in [2.45, 2.75) is 31.3 Å². The minimum Gasteiger partial charge on any atom is -0.493 e. The molecule has 0 bridgehead atoms. The summed E-state index contributed by atoms with van der Waals surface area (Å²) < 4.78 is 49.2. The number of ether oxygens (including phenoxy) is 3. The third-order valence-corrected chi connectivity index (χ3v) is 8.07. The number of benzene rings is 3. The Morgan fingerprint density at radius 1 is 0.857 bits per heavy atom. The molecule has 7 nitrogen and oxygen atoms in total. The van der Waals surface area contributed by atoms with E-state index >= 15 is 0 Å². The Hall–Kier alpha value is -4.31. The lowest BCUT2D eigenvalue weighted by Gasteiger charge is -2.28. The number of hydrogen-bond donors (Lipinski definition) is 0. The second-order valence-corrected chi connectivity index (χ2v) is 11.2. The van der Waals surface area contributed by atoms with Crippen LogP contribution < -0.4 is 14.2 Å². The molecule has 218 valence electrons. The highest BCUT2D eigenvalue weighted by atomic mass is 32.2. The summed E-state index contributed by atoms with van der Waals surface area (Å²) >= 11 is 1.47. The number of aryl methyl sites for hydroxylation is 1. The molecular formula is C32H32F2N4O3S. The summed E-state index contributed by atoms with van der Waals surface area (Å²) in [5.74, 6) is 1.96. The molecule has 2 aromatic heterocycles. The summed E-state index contributed by atoms with van der Waals surface area (Å²) in [6.45, 7) is 6.31. The number of halogens is 2. The van der Waals surface area contributed by atoms with Crippen LogP contribution in [0.15, 0.2) is 84.4 Å². The molecule has 0 saturated carbocycles. The van der Waals surface area contributed by atoms with Gasteiger partial charge in [-0.05, 0) is 61.0 Å². The first-order valence-electron chi connectivity index (χ1n) is 13.3. The van der Waals surface area contributed by atoms with Gasteiger partial charge in [-0.25, -0.2) is 18.7 Å². The Kier molecular flexibility index (Phi) is 8.54. The second-order valence-electron chi connectivity index (χ2n) is 10.1. The minimum atomic E-state index is -0.505. The van der Waals surface area contributed by atoms with Crippen molar-refractivity contribution >= 4 is 11.8 Å². The lowest BCUT2D eigenvalue weighted by atomic mass is 9.81. The average Bonchev–Trinajstić information content (AvgIpc) is 3.62. The van der Waals surface area contributed by atoms with E-state index in [-0.39, 0.29) is 18.2 Å². The molecule has 0 saturated heterocycles. The van der Waals surface area contributed by atoms with Crippen LogP contribution in [0.2, 0.25) is 0 Å². The molecule has 0 aliphatic carbocycles. The molecule has 5 aromatic rings. The standard InChI is InChI=1S/C32H32F2N4O3S/c1-21-35-14-15-37(21)25-11-13-27(26(34)19-25)41-16-17-42-31-36-20-30(38(31)24-9-7-23(33)8-10-24)32(2,3)22-6-12-28(39-4)29(18-22)40-5/h6-15,18-20H,16-17H2,1-5H3. The normalized spacial score (nSPS) is 11.5. The van der Waals surface area contributed by atoms with E-state index in [2.05, 4.69) is 18.8 Å². The molecular weight excluding hydrogens is 558 g/mol. The van der Waals surface area contributed by atoms with Crippen LogP contribution >= 0.6 is 11.8 Å². The summed E-state index contributed by atoms with van der Waals surface area (Å²) in [6, 6.07) is 17.0. The number of hydrogen-bond acceptors (Lipinski definition) is 6. The van der Waals surface area contributed by atoms with Crippen LogP contribution in [0.1, 0.15) is 30.9 Å². The minimum absolute atomic E-state index is 0.175. The van der Waals surface area contributed by atoms with Crippen molar-refractivity contribution in [1.29, 1.82) is 0 Å². The Labute approximate surface area is 248 Å². The zero-order chi connectivity index (χ0) is 29.9. The number of methoxy groups -OCH3 is 2. The van der Waals surface area contributed by atoms with Crippen LogP contribution in [0.5, 0.6) is 17.2 Å². The number of rotatable bonds is 11. The lowest BCUT2D eigenvalue weighted by Crippen LogP contribution is -2.23. The predicted octanol–water partition coefficient (Wildman–Crippen LogP) is 7.16.